The zero-order chi connectivity index (χ0) is 12.7. The number of hydrogen-bond donors (Lipinski definition) is 1. The van der Waals surface area contributed by atoms with Crippen molar-refractivity contribution in [3.63, 3.8) is 0 Å². The molecule has 2 unspecified atom stereocenters. The third kappa shape index (κ3) is 4.59. The van der Waals surface area contributed by atoms with Crippen LogP contribution in [0.25, 0.3) is 0 Å². The third-order valence-corrected chi connectivity index (χ3v) is 4.43. The highest BCUT2D eigenvalue weighted by Crippen LogP contribution is 2.27. The molecule has 0 spiro atoms. The maximum absolute atomic E-state index is 6.06. The van der Waals surface area contributed by atoms with E-state index in [1.165, 1.54) is 58.0 Å². The Labute approximate surface area is 108 Å². The highest BCUT2D eigenvalue weighted by molar-refractivity contribution is 4.89. The van der Waals surface area contributed by atoms with Crippen LogP contribution >= 0.6 is 0 Å². The van der Waals surface area contributed by atoms with Crippen LogP contribution in [0.3, 0.4) is 0 Å². The lowest BCUT2D eigenvalue weighted by Crippen LogP contribution is -2.54. The minimum absolute atomic E-state index is 0.252. The van der Waals surface area contributed by atoms with E-state index >= 15 is 0 Å². The Morgan fingerprint density at radius 2 is 2.06 bits per heavy atom. The molecule has 2 atom stereocenters. The van der Waals surface area contributed by atoms with Gasteiger partial charge < -0.3 is 5.73 Å². The van der Waals surface area contributed by atoms with E-state index < -0.39 is 0 Å². The minimum Gasteiger partial charge on any atom is -0.329 e. The van der Waals surface area contributed by atoms with Crippen molar-refractivity contribution in [1.29, 1.82) is 0 Å². The van der Waals surface area contributed by atoms with Gasteiger partial charge in [-0.2, -0.15) is 0 Å². The van der Waals surface area contributed by atoms with Crippen molar-refractivity contribution in [2.75, 3.05) is 19.6 Å². The molecule has 0 radical (unpaired) electrons. The molecule has 2 heteroatoms. The van der Waals surface area contributed by atoms with Crippen LogP contribution in [0, 0.1) is 5.92 Å². The number of likely N-dealkylation sites (tertiary alicyclic amines) is 1. The van der Waals surface area contributed by atoms with Gasteiger partial charge in [0.1, 0.15) is 0 Å². The van der Waals surface area contributed by atoms with Crippen molar-refractivity contribution in [3.8, 4) is 0 Å². The first-order valence-corrected chi connectivity index (χ1v) is 7.57. The fraction of sp³-hybridized carbons (Fsp3) is 1.00. The van der Waals surface area contributed by atoms with E-state index in [4.69, 9.17) is 5.73 Å². The molecule has 17 heavy (non-hydrogen) atoms. The molecule has 0 saturated carbocycles. The largest absolute Gasteiger partial charge is 0.329 e. The van der Waals surface area contributed by atoms with Gasteiger partial charge in [-0.05, 0) is 38.6 Å². The molecular formula is C15H32N2. The van der Waals surface area contributed by atoms with E-state index in [0.717, 1.165) is 12.5 Å². The normalized spacial score (nSPS) is 25.8. The van der Waals surface area contributed by atoms with E-state index in [-0.39, 0.29) is 5.54 Å². The molecular weight excluding hydrogens is 208 g/mol. The van der Waals surface area contributed by atoms with Crippen LogP contribution in [0.15, 0.2) is 0 Å². The number of nitrogens with zero attached hydrogens (tertiary/aromatic N) is 1. The molecule has 1 rings (SSSR count). The summed E-state index contributed by atoms with van der Waals surface area (Å²) in [6.07, 6.45) is 9.42. The summed E-state index contributed by atoms with van der Waals surface area (Å²) >= 11 is 0. The molecule has 0 aromatic carbocycles. The van der Waals surface area contributed by atoms with Crippen LogP contribution in [0.2, 0.25) is 0 Å². The van der Waals surface area contributed by atoms with Gasteiger partial charge in [0.05, 0.1) is 0 Å². The van der Waals surface area contributed by atoms with Gasteiger partial charge in [-0.25, -0.2) is 0 Å². The van der Waals surface area contributed by atoms with E-state index in [1.807, 2.05) is 0 Å². The van der Waals surface area contributed by atoms with Crippen LogP contribution < -0.4 is 5.73 Å². The molecule has 2 N–H and O–H groups in total. The molecule has 0 amide bonds. The maximum Gasteiger partial charge on any atom is 0.0303 e. The van der Waals surface area contributed by atoms with Crippen molar-refractivity contribution >= 4 is 0 Å². The molecule has 0 aliphatic carbocycles. The molecule has 1 aliphatic heterocycles. The Balaban J connectivity index is 2.42. The van der Waals surface area contributed by atoms with Crippen LogP contribution in [-0.4, -0.2) is 30.1 Å². The SMILES string of the molecule is CCCCCCC(C)(CN)N1CCCC(C)C1. The van der Waals surface area contributed by atoms with Crippen molar-refractivity contribution in [3.05, 3.63) is 0 Å². The lowest BCUT2D eigenvalue weighted by Gasteiger charge is -2.45. The summed E-state index contributed by atoms with van der Waals surface area (Å²) in [5.74, 6) is 0.852. The van der Waals surface area contributed by atoms with Gasteiger partial charge in [0.25, 0.3) is 0 Å². The maximum atomic E-state index is 6.06. The molecule has 1 saturated heterocycles. The lowest BCUT2D eigenvalue weighted by atomic mass is 9.88. The van der Waals surface area contributed by atoms with Gasteiger partial charge >= 0.3 is 0 Å². The summed E-state index contributed by atoms with van der Waals surface area (Å²) in [4.78, 5) is 2.66. The van der Waals surface area contributed by atoms with Crippen LogP contribution in [0.1, 0.15) is 65.7 Å². The van der Waals surface area contributed by atoms with Crippen LogP contribution in [0.5, 0.6) is 0 Å². The molecule has 1 aliphatic rings. The summed E-state index contributed by atoms with van der Waals surface area (Å²) < 4.78 is 0. The van der Waals surface area contributed by atoms with Gasteiger partial charge in [-0.3, -0.25) is 4.90 Å². The number of piperidine rings is 1. The second-order valence-electron chi connectivity index (χ2n) is 6.21. The minimum atomic E-state index is 0.252. The molecule has 0 bridgehead atoms. The van der Waals surface area contributed by atoms with Gasteiger partial charge in [0.2, 0.25) is 0 Å². The fourth-order valence-electron chi connectivity index (χ4n) is 3.00. The quantitative estimate of drug-likeness (QED) is 0.691. The monoisotopic (exact) mass is 240 g/mol. The summed E-state index contributed by atoms with van der Waals surface area (Å²) in [5, 5.41) is 0. The molecule has 1 fully saturated rings. The highest BCUT2D eigenvalue weighted by Gasteiger charge is 2.32. The van der Waals surface area contributed by atoms with E-state index in [2.05, 4.69) is 25.7 Å². The Hall–Kier alpha value is -0.0800. The standard InChI is InChI=1S/C15H32N2/c1-4-5-6-7-10-15(3,13-16)17-11-8-9-14(2)12-17/h14H,4-13,16H2,1-3H3. The first-order chi connectivity index (χ1) is 8.12. The highest BCUT2D eigenvalue weighted by atomic mass is 15.2. The lowest BCUT2D eigenvalue weighted by molar-refractivity contribution is 0.0558. The average molecular weight is 240 g/mol. The molecule has 2 nitrogen and oxygen atoms in total. The van der Waals surface area contributed by atoms with Gasteiger partial charge in [0.15, 0.2) is 0 Å². The van der Waals surface area contributed by atoms with Crippen molar-refractivity contribution in [2.24, 2.45) is 11.7 Å². The Morgan fingerprint density at radius 3 is 2.65 bits per heavy atom. The molecule has 0 aromatic heterocycles. The zero-order valence-corrected chi connectivity index (χ0v) is 12.2. The second-order valence-corrected chi connectivity index (χ2v) is 6.21. The second kappa shape index (κ2) is 7.38. The number of rotatable bonds is 7. The molecule has 0 aromatic rings. The first-order valence-electron chi connectivity index (χ1n) is 7.57. The summed E-state index contributed by atoms with van der Waals surface area (Å²) in [7, 11) is 0. The Morgan fingerprint density at radius 1 is 1.29 bits per heavy atom. The summed E-state index contributed by atoms with van der Waals surface area (Å²) in [5.41, 5.74) is 6.31. The first kappa shape index (κ1) is 15.0. The van der Waals surface area contributed by atoms with E-state index in [0.29, 0.717) is 0 Å². The number of unbranched alkanes of at least 4 members (excludes halogenated alkanes) is 3. The fourth-order valence-corrected chi connectivity index (χ4v) is 3.00. The topological polar surface area (TPSA) is 29.3 Å². The van der Waals surface area contributed by atoms with Gasteiger partial charge in [-0.15, -0.1) is 0 Å². The molecule has 102 valence electrons. The van der Waals surface area contributed by atoms with Crippen LogP contribution in [-0.2, 0) is 0 Å². The summed E-state index contributed by atoms with van der Waals surface area (Å²) in [6, 6.07) is 0. The van der Waals surface area contributed by atoms with Crippen molar-refractivity contribution < 1.29 is 0 Å². The predicted octanol–water partition coefficient (Wildman–Crippen LogP) is 3.41. The van der Waals surface area contributed by atoms with Crippen molar-refractivity contribution in [1.82, 2.24) is 4.90 Å². The summed E-state index contributed by atoms with van der Waals surface area (Å²) in [6.45, 7) is 10.3. The molecule has 1 heterocycles. The van der Waals surface area contributed by atoms with Crippen molar-refractivity contribution in [2.45, 2.75) is 71.3 Å². The average Bonchev–Trinajstić information content (AvgIpc) is 2.34. The Kier molecular flexibility index (Phi) is 6.50. The van der Waals surface area contributed by atoms with Gasteiger partial charge in [0, 0.05) is 18.6 Å². The van der Waals surface area contributed by atoms with E-state index in [1.54, 1.807) is 0 Å². The zero-order valence-electron chi connectivity index (χ0n) is 12.2. The number of nitrogens with two attached hydrogens (primary N) is 1. The van der Waals surface area contributed by atoms with E-state index in [9.17, 15) is 0 Å². The van der Waals surface area contributed by atoms with Crippen LogP contribution in [0.4, 0.5) is 0 Å². The number of hydrogen-bond acceptors (Lipinski definition) is 2. The smallest absolute Gasteiger partial charge is 0.0303 e. The van der Waals surface area contributed by atoms with Gasteiger partial charge in [-0.1, -0.05) is 39.5 Å². The third-order valence-electron chi connectivity index (χ3n) is 4.43. The Bertz CT molecular complexity index is 205. The predicted molar refractivity (Wildman–Crippen MR) is 76.2 cm³/mol.